The Morgan fingerprint density at radius 1 is 1.32 bits per heavy atom. The summed E-state index contributed by atoms with van der Waals surface area (Å²) in [5.41, 5.74) is 1.34. The molecule has 19 heavy (non-hydrogen) atoms. The Hall–Kier alpha value is -0.380. The molecule has 0 bridgehead atoms. The van der Waals surface area contributed by atoms with E-state index in [1.165, 1.54) is 50.9 Å². The van der Waals surface area contributed by atoms with Gasteiger partial charge in [-0.15, -0.1) is 0 Å². The summed E-state index contributed by atoms with van der Waals surface area (Å²) < 4.78 is 0. The van der Waals surface area contributed by atoms with E-state index in [1.807, 2.05) is 0 Å². The Morgan fingerprint density at radius 2 is 2.16 bits per heavy atom. The molecule has 2 fully saturated rings. The van der Waals surface area contributed by atoms with Gasteiger partial charge in [-0.2, -0.15) is 0 Å². The van der Waals surface area contributed by atoms with E-state index in [4.69, 9.17) is 0 Å². The molecule has 0 spiro atoms. The van der Waals surface area contributed by atoms with Gasteiger partial charge in [0.05, 0.1) is 0 Å². The summed E-state index contributed by atoms with van der Waals surface area (Å²) in [7, 11) is 2.31. The van der Waals surface area contributed by atoms with Gasteiger partial charge < -0.3 is 10.2 Å². The minimum absolute atomic E-state index is 0.844. The van der Waals surface area contributed by atoms with Crippen LogP contribution in [0.3, 0.4) is 0 Å². The number of hydrogen-bond acceptors (Lipinski definition) is 3. The number of nitrogens with one attached hydrogen (secondary N) is 1. The first kappa shape index (κ1) is 15.0. The molecule has 3 nitrogen and oxygen atoms in total. The van der Waals surface area contributed by atoms with Crippen LogP contribution in [-0.2, 0) is 0 Å². The predicted octanol–water partition coefficient (Wildman–Crippen LogP) is 1.96. The van der Waals surface area contributed by atoms with Crippen molar-refractivity contribution in [1.82, 2.24) is 15.1 Å². The van der Waals surface area contributed by atoms with Crippen molar-refractivity contribution in [3.8, 4) is 0 Å². The zero-order valence-corrected chi connectivity index (χ0v) is 12.8. The van der Waals surface area contributed by atoms with Crippen molar-refractivity contribution in [2.24, 2.45) is 5.92 Å². The van der Waals surface area contributed by atoms with Crippen LogP contribution < -0.4 is 5.32 Å². The van der Waals surface area contributed by atoms with Gasteiger partial charge in [-0.1, -0.05) is 13.5 Å². The van der Waals surface area contributed by atoms with E-state index in [-0.39, 0.29) is 0 Å². The molecule has 0 aromatic rings. The lowest BCUT2D eigenvalue weighted by Gasteiger charge is -2.46. The fraction of sp³-hybridized carbons (Fsp3) is 0.875. The largest absolute Gasteiger partial charge is 0.313 e. The first-order valence-electron chi connectivity index (χ1n) is 8.00. The van der Waals surface area contributed by atoms with E-state index in [1.54, 1.807) is 0 Å². The van der Waals surface area contributed by atoms with Crippen LogP contribution in [0.4, 0.5) is 0 Å². The van der Waals surface area contributed by atoms with E-state index < -0.39 is 0 Å². The van der Waals surface area contributed by atoms with E-state index in [0.29, 0.717) is 0 Å². The van der Waals surface area contributed by atoms with Gasteiger partial charge in [0, 0.05) is 25.7 Å². The summed E-state index contributed by atoms with van der Waals surface area (Å²) in [5.74, 6) is 0.893. The lowest BCUT2D eigenvalue weighted by molar-refractivity contribution is 0.0422. The summed E-state index contributed by atoms with van der Waals surface area (Å²) >= 11 is 0. The molecule has 0 aromatic heterocycles. The molecule has 2 aliphatic heterocycles. The molecule has 2 rings (SSSR count). The fourth-order valence-electron chi connectivity index (χ4n) is 3.69. The molecule has 1 N–H and O–H groups in total. The summed E-state index contributed by atoms with van der Waals surface area (Å²) in [6.07, 6.45) is 5.35. The van der Waals surface area contributed by atoms with E-state index >= 15 is 0 Å². The molecule has 0 aromatic carbocycles. The van der Waals surface area contributed by atoms with Gasteiger partial charge in [0.1, 0.15) is 0 Å². The van der Waals surface area contributed by atoms with E-state index in [2.05, 4.69) is 35.7 Å². The van der Waals surface area contributed by atoms with Gasteiger partial charge in [-0.3, -0.25) is 4.90 Å². The first-order valence-corrected chi connectivity index (χ1v) is 8.00. The molecule has 2 atom stereocenters. The van der Waals surface area contributed by atoms with Crippen LogP contribution in [0.15, 0.2) is 12.2 Å². The molecule has 0 radical (unpaired) electrons. The maximum Gasteiger partial charge on any atom is 0.0202 e. The number of fused-ring (bicyclic) bond motifs is 1. The van der Waals surface area contributed by atoms with E-state index in [0.717, 1.165) is 31.6 Å². The van der Waals surface area contributed by atoms with Crippen LogP contribution in [-0.4, -0.2) is 62.2 Å². The van der Waals surface area contributed by atoms with Crippen molar-refractivity contribution >= 4 is 0 Å². The molecular weight excluding hydrogens is 234 g/mol. The zero-order chi connectivity index (χ0) is 13.7. The minimum Gasteiger partial charge on any atom is -0.313 e. The maximum atomic E-state index is 4.23. The Labute approximate surface area is 119 Å². The number of nitrogens with zero attached hydrogens (tertiary/aromatic N) is 2. The van der Waals surface area contributed by atoms with Crippen molar-refractivity contribution in [2.75, 3.05) is 46.3 Å². The topological polar surface area (TPSA) is 18.5 Å². The average Bonchev–Trinajstić information content (AvgIpc) is 2.39. The van der Waals surface area contributed by atoms with Crippen LogP contribution >= 0.6 is 0 Å². The molecule has 2 heterocycles. The molecule has 0 aliphatic carbocycles. The lowest BCUT2D eigenvalue weighted by Crippen LogP contribution is -2.53. The highest BCUT2D eigenvalue weighted by Crippen LogP contribution is 2.29. The quantitative estimate of drug-likeness (QED) is 0.585. The van der Waals surface area contributed by atoms with Crippen LogP contribution in [0.5, 0.6) is 0 Å². The van der Waals surface area contributed by atoms with Gasteiger partial charge in [-0.25, -0.2) is 0 Å². The van der Waals surface area contributed by atoms with Crippen LogP contribution in [0.1, 0.15) is 32.6 Å². The highest BCUT2D eigenvalue weighted by Gasteiger charge is 2.33. The third-order valence-electron chi connectivity index (χ3n) is 4.68. The Kier molecular flexibility index (Phi) is 5.86. The normalized spacial score (nSPS) is 29.2. The Morgan fingerprint density at radius 3 is 2.95 bits per heavy atom. The average molecular weight is 265 g/mol. The molecule has 2 aliphatic rings. The molecule has 2 saturated heterocycles. The van der Waals surface area contributed by atoms with E-state index in [9.17, 15) is 0 Å². The van der Waals surface area contributed by atoms with Crippen LogP contribution in [0.25, 0.3) is 0 Å². The predicted molar refractivity (Wildman–Crippen MR) is 82.5 cm³/mol. The SMILES string of the molecule is C=C(CNCCC)CN1CCC2C(CCCN2C)C1. The Balaban J connectivity index is 1.73. The summed E-state index contributed by atoms with van der Waals surface area (Å²) in [6, 6.07) is 0.844. The summed E-state index contributed by atoms with van der Waals surface area (Å²) in [6.45, 7) is 13.4. The smallest absolute Gasteiger partial charge is 0.0202 e. The van der Waals surface area contributed by atoms with Gasteiger partial charge in [0.2, 0.25) is 0 Å². The third kappa shape index (κ3) is 4.30. The first-order chi connectivity index (χ1) is 9.20. The molecule has 110 valence electrons. The Bertz CT molecular complexity index is 290. The molecule has 3 heteroatoms. The van der Waals surface area contributed by atoms with Crippen molar-refractivity contribution < 1.29 is 0 Å². The highest BCUT2D eigenvalue weighted by molar-refractivity contribution is 5.01. The zero-order valence-electron chi connectivity index (χ0n) is 12.8. The molecule has 2 unspecified atom stereocenters. The van der Waals surface area contributed by atoms with Crippen molar-refractivity contribution in [3.63, 3.8) is 0 Å². The van der Waals surface area contributed by atoms with Crippen molar-refractivity contribution in [3.05, 3.63) is 12.2 Å². The molecule has 0 amide bonds. The van der Waals surface area contributed by atoms with Gasteiger partial charge in [0.25, 0.3) is 0 Å². The van der Waals surface area contributed by atoms with Crippen LogP contribution in [0, 0.1) is 5.92 Å². The van der Waals surface area contributed by atoms with Crippen LogP contribution in [0.2, 0.25) is 0 Å². The van der Waals surface area contributed by atoms with Crippen molar-refractivity contribution in [1.29, 1.82) is 0 Å². The maximum absolute atomic E-state index is 4.23. The summed E-state index contributed by atoms with van der Waals surface area (Å²) in [4.78, 5) is 5.21. The number of rotatable bonds is 6. The number of hydrogen-bond donors (Lipinski definition) is 1. The van der Waals surface area contributed by atoms with Gasteiger partial charge in [0.15, 0.2) is 0 Å². The monoisotopic (exact) mass is 265 g/mol. The van der Waals surface area contributed by atoms with Crippen molar-refractivity contribution in [2.45, 2.75) is 38.6 Å². The second-order valence-electron chi connectivity index (χ2n) is 6.40. The van der Waals surface area contributed by atoms with Gasteiger partial charge >= 0.3 is 0 Å². The number of piperidine rings is 2. The third-order valence-corrected chi connectivity index (χ3v) is 4.68. The fourth-order valence-corrected chi connectivity index (χ4v) is 3.69. The minimum atomic E-state index is 0.844. The second kappa shape index (κ2) is 7.41. The van der Waals surface area contributed by atoms with Gasteiger partial charge in [-0.05, 0) is 63.9 Å². The number of likely N-dealkylation sites (tertiary alicyclic amines) is 2. The molecular formula is C16H31N3. The summed E-state index contributed by atoms with van der Waals surface area (Å²) in [5, 5.41) is 3.45. The highest BCUT2D eigenvalue weighted by atomic mass is 15.2. The molecule has 0 saturated carbocycles. The lowest BCUT2D eigenvalue weighted by atomic mass is 9.84. The standard InChI is InChI=1S/C16H31N3/c1-4-8-17-11-14(2)12-19-10-7-16-15(13-19)6-5-9-18(16)3/h15-17H,2,4-13H2,1,3H3. The second-order valence-corrected chi connectivity index (χ2v) is 6.40.